The van der Waals surface area contributed by atoms with Crippen LogP contribution in [0, 0.1) is 9.49 Å². The number of carboxylic acids is 1. The Balaban J connectivity index is 2.09. The van der Waals surface area contributed by atoms with Crippen molar-refractivity contribution in [3.05, 3.63) is 27.3 Å². The smallest absolute Gasteiger partial charge is 0.335 e. The number of ether oxygens (including phenoxy) is 1. The van der Waals surface area contributed by atoms with Crippen molar-refractivity contribution in [3.8, 4) is 0 Å². The third kappa shape index (κ3) is 3.90. The van der Waals surface area contributed by atoms with E-state index in [9.17, 15) is 9.59 Å². The van der Waals surface area contributed by atoms with Crippen LogP contribution in [0.5, 0.6) is 0 Å². The molecule has 1 saturated heterocycles. The number of rotatable bonds is 3. The summed E-state index contributed by atoms with van der Waals surface area (Å²) in [5.41, 5.74) is 0.704. The van der Waals surface area contributed by atoms with Gasteiger partial charge in [-0.1, -0.05) is 0 Å². The number of hydrogen-bond donors (Lipinski definition) is 2. The lowest BCUT2D eigenvalue weighted by Gasteiger charge is -2.21. The van der Waals surface area contributed by atoms with Crippen molar-refractivity contribution in [3.63, 3.8) is 0 Å². The lowest BCUT2D eigenvalue weighted by molar-refractivity contribution is -0.122. The molecular weight excluding hydrogens is 361 g/mol. The summed E-state index contributed by atoms with van der Waals surface area (Å²) in [6.45, 7) is 1.20. The van der Waals surface area contributed by atoms with E-state index in [0.717, 1.165) is 3.57 Å². The second kappa shape index (κ2) is 6.33. The minimum atomic E-state index is -1.000. The molecule has 0 spiro atoms. The second-order valence-electron chi connectivity index (χ2n) is 4.41. The maximum Gasteiger partial charge on any atom is 0.335 e. The molecule has 1 aliphatic heterocycles. The Morgan fingerprint density at radius 1 is 1.26 bits per heavy atom. The van der Waals surface area contributed by atoms with E-state index in [1.807, 2.05) is 22.6 Å². The molecule has 6 heteroatoms. The normalized spacial score (nSPS) is 16.1. The SMILES string of the molecule is O=C(O)c1cc(I)cc(NC(=O)C2CCOCC2)c1. The number of carbonyl (C=O) groups excluding carboxylic acids is 1. The number of carboxylic acid groups (broad SMARTS) is 1. The Morgan fingerprint density at radius 2 is 1.95 bits per heavy atom. The molecule has 1 fully saturated rings. The van der Waals surface area contributed by atoms with Crippen LogP contribution in [0.1, 0.15) is 23.2 Å². The molecule has 0 atom stereocenters. The van der Waals surface area contributed by atoms with Gasteiger partial charge in [-0.25, -0.2) is 4.79 Å². The van der Waals surface area contributed by atoms with Crippen molar-refractivity contribution in [2.24, 2.45) is 5.92 Å². The second-order valence-corrected chi connectivity index (χ2v) is 5.66. The minimum absolute atomic E-state index is 0.0557. The molecule has 0 aromatic heterocycles. The first-order chi connectivity index (χ1) is 9.06. The predicted molar refractivity (Wildman–Crippen MR) is 78.3 cm³/mol. The maximum atomic E-state index is 12.0. The summed E-state index contributed by atoms with van der Waals surface area (Å²) < 4.78 is 5.99. The van der Waals surface area contributed by atoms with Crippen molar-refractivity contribution in [2.75, 3.05) is 18.5 Å². The van der Waals surface area contributed by atoms with Crippen molar-refractivity contribution in [2.45, 2.75) is 12.8 Å². The topological polar surface area (TPSA) is 75.6 Å². The molecule has 0 radical (unpaired) electrons. The lowest BCUT2D eigenvalue weighted by Crippen LogP contribution is -2.28. The lowest BCUT2D eigenvalue weighted by atomic mass is 9.99. The van der Waals surface area contributed by atoms with Crippen LogP contribution in [0.3, 0.4) is 0 Å². The van der Waals surface area contributed by atoms with E-state index in [1.54, 1.807) is 12.1 Å². The van der Waals surface area contributed by atoms with E-state index >= 15 is 0 Å². The fourth-order valence-electron chi connectivity index (χ4n) is 1.99. The van der Waals surface area contributed by atoms with Crippen LogP contribution in [0.4, 0.5) is 5.69 Å². The van der Waals surface area contributed by atoms with Crippen LogP contribution in [-0.4, -0.2) is 30.2 Å². The van der Waals surface area contributed by atoms with Crippen LogP contribution >= 0.6 is 22.6 Å². The van der Waals surface area contributed by atoms with Crippen LogP contribution in [0.15, 0.2) is 18.2 Å². The molecule has 1 aromatic carbocycles. The number of nitrogens with one attached hydrogen (secondary N) is 1. The summed E-state index contributed by atoms with van der Waals surface area (Å²) in [4.78, 5) is 23.0. The van der Waals surface area contributed by atoms with Gasteiger partial charge in [0.1, 0.15) is 0 Å². The zero-order valence-electron chi connectivity index (χ0n) is 10.2. The van der Waals surface area contributed by atoms with Gasteiger partial charge in [0.2, 0.25) is 5.91 Å². The zero-order chi connectivity index (χ0) is 13.8. The number of hydrogen-bond acceptors (Lipinski definition) is 3. The van der Waals surface area contributed by atoms with E-state index in [4.69, 9.17) is 9.84 Å². The molecule has 1 aliphatic rings. The van der Waals surface area contributed by atoms with Crippen molar-refractivity contribution < 1.29 is 19.4 Å². The van der Waals surface area contributed by atoms with Gasteiger partial charge in [-0.2, -0.15) is 0 Å². The van der Waals surface area contributed by atoms with Gasteiger partial charge in [0.25, 0.3) is 0 Å². The number of benzene rings is 1. The van der Waals surface area contributed by atoms with Crippen molar-refractivity contribution >= 4 is 40.2 Å². The van der Waals surface area contributed by atoms with Gasteiger partial charge in [0.15, 0.2) is 0 Å². The average molecular weight is 375 g/mol. The quantitative estimate of drug-likeness (QED) is 0.796. The molecule has 5 nitrogen and oxygen atoms in total. The molecule has 2 N–H and O–H groups in total. The van der Waals surface area contributed by atoms with Crippen molar-refractivity contribution in [1.82, 2.24) is 0 Å². The Kier molecular flexibility index (Phi) is 4.76. The highest BCUT2D eigenvalue weighted by atomic mass is 127. The average Bonchev–Trinajstić information content (AvgIpc) is 2.39. The van der Waals surface area contributed by atoms with E-state index in [0.29, 0.717) is 31.7 Å². The zero-order valence-corrected chi connectivity index (χ0v) is 12.3. The summed E-state index contributed by atoms with van der Waals surface area (Å²) in [5, 5.41) is 11.8. The first-order valence-corrected chi connectivity index (χ1v) is 7.06. The highest BCUT2D eigenvalue weighted by Crippen LogP contribution is 2.20. The fourth-order valence-corrected chi connectivity index (χ4v) is 2.66. The first-order valence-electron chi connectivity index (χ1n) is 5.99. The van der Waals surface area contributed by atoms with Gasteiger partial charge in [0, 0.05) is 28.4 Å². The van der Waals surface area contributed by atoms with Gasteiger partial charge in [-0.3, -0.25) is 4.79 Å². The highest BCUT2D eigenvalue weighted by molar-refractivity contribution is 14.1. The molecule has 1 amide bonds. The predicted octanol–water partition coefficient (Wildman–Crippen LogP) is 2.35. The fraction of sp³-hybridized carbons (Fsp3) is 0.385. The Labute approximate surface area is 124 Å². The Hall–Kier alpha value is -1.15. The molecule has 0 unspecified atom stereocenters. The number of carbonyl (C=O) groups is 2. The van der Waals surface area contributed by atoms with Crippen molar-refractivity contribution in [1.29, 1.82) is 0 Å². The summed E-state index contributed by atoms with van der Waals surface area (Å²) in [7, 11) is 0. The highest BCUT2D eigenvalue weighted by Gasteiger charge is 2.21. The van der Waals surface area contributed by atoms with Gasteiger partial charge in [0.05, 0.1) is 5.56 Å². The largest absolute Gasteiger partial charge is 0.478 e. The summed E-state index contributed by atoms with van der Waals surface area (Å²) in [6, 6.07) is 4.79. The molecule has 0 aliphatic carbocycles. The molecule has 0 saturated carbocycles. The monoisotopic (exact) mass is 375 g/mol. The van der Waals surface area contributed by atoms with Crippen LogP contribution in [0.2, 0.25) is 0 Å². The molecule has 2 rings (SSSR count). The Morgan fingerprint density at radius 3 is 2.58 bits per heavy atom. The van der Waals surface area contributed by atoms with E-state index in [2.05, 4.69) is 5.32 Å². The minimum Gasteiger partial charge on any atom is -0.478 e. The molecular formula is C13H14INO4. The summed E-state index contributed by atoms with van der Waals surface area (Å²) in [5.74, 6) is -1.12. The third-order valence-corrected chi connectivity index (χ3v) is 3.63. The maximum absolute atomic E-state index is 12.0. The van der Waals surface area contributed by atoms with Gasteiger partial charge in [-0.05, 0) is 53.6 Å². The van der Waals surface area contributed by atoms with E-state index < -0.39 is 5.97 Å². The third-order valence-electron chi connectivity index (χ3n) is 3.00. The van der Waals surface area contributed by atoms with Gasteiger partial charge >= 0.3 is 5.97 Å². The van der Waals surface area contributed by atoms with E-state index in [1.165, 1.54) is 6.07 Å². The molecule has 1 aromatic rings. The summed E-state index contributed by atoms with van der Waals surface area (Å²) in [6.07, 6.45) is 1.42. The number of halogens is 1. The molecule has 19 heavy (non-hydrogen) atoms. The standard InChI is InChI=1S/C13H14INO4/c14-10-5-9(13(17)18)6-11(7-10)15-12(16)8-1-3-19-4-2-8/h5-8H,1-4H2,(H,15,16)(H,17,18). The van der Waals surface area contributed by atoms with Gasteiger partial charge in [-0.15, -0.1) is 0 Å². The van der Waals surface area contributed by atoms with Gasteiger partial charge < -0.3 is 15.2 Å². The molecule has 1 heterocycles. The number of aromatic carboxylic acids is 1. The van der Waals surface area contributed by atoms with Crippen LogP contribution in [-0.2, 0) is 9.53 Å². The summed E-state index contributed by atoms with van der Waals surface area (Å²) >= 11 is 2.03. The molecule has 0 bridgehead atoms. The van der Waals surface area contributed by atoms with Crippen LogP contribution in [0.25, 0.3) is 0 Å². The van der Waals surface area contributed by atoms with E-state index in [-0.39, 0.29) is 17.4 Å². The van der Waals surface area contributed by atoms with Crippen LogP contribution < -0.4 is 5.32 Å². The first kappa shape index (κ1) is 14.3. The number of anilines is 1. The Bertz CT molecular complexity index is 497. The molecule has 102 valence electrons. The number of amides is 1.